The normalized spacial score (nSPS) is 14.8. The Morgan fingerprint density at radius 3 is 2.31 bits per heavy atom. The van der Waals surface area contributed by atoms with Crippen molar-refractivity contribution in [3.63, 3.8) is 0 Å². The van der Waals surface area contributed by atoms with Gasteiger partial charge in [0, 0.05) is 0 Å². The van der Waals surface area contributed by atoms with E-state index in [1.54, 1.807) is 12.1 Å². The van der Waals surface area contributed by atoms with E-state index < -0.39 is 11.4 Å². The Balaban J connectivity index is 1.42. The third-order valence-corrected chi connectivity index (χ3v) is 5.25. The van der Waals surface area contributed by atoms with Crippen molar-refractivity contribution in [1.82, 2.24) is 0 Å². The van der Waals surface area contributed by atoms with Gasteiger partial charge in [0.1, 0.15) is 18.1 Å². The van der Waals surface area contributed by atoms with Gasteiger partial charge >= 0.3 is 5.97 Å². The highest BCUT2D eigenvalue weighted by Crippen LogP contribution is 2.36. The molecule has 0 unspecified atom stereocenters. The maximum absolute atomic E-state index is 11.2. The van der Waals surface area contributed by atoms with E-state index in [9.17, 15) is 9.90 Å². The van der Waals surface area contributed by atoms with Crippen molar-refractivity contribution in [3.05, 3.63) is 83.9 Å². The number of carboxylic acids is 1. The topological polar surface area (TPSA) is 76.0 Å². The predicted molar refractivity (Wildman–Crippen MR) is 109 cm³/mol. The highest BCUT2D eigenvalue weighted by molar-refractivity contribution is 5.69. The number of carbonyl (C=O) groups is 1. The fourth-order valence-electron chi connectivity index (χ4n) is 3.57. The molecule has 29 heavy (non-hydrogen) atoms. The molecule has 3 aromatic rings. The number of ether oxygens (including phenoxy) is 2. The van der Waals surface area contributed by atoms with E-state index in [0.717, 1.165) is 28.0 Å². The Morgan fingerprint density at radius 1 is 0.966 bits per heavy atom. The van der Waals surface area contributed by atoms with E-state index in [2.05, 4.69) is 6.07 Å². The van der Waals surface area contributed by atoms with E-state index in [-0.39, 0.29) is 12.2 Å². The summed E-state index contributed by atoms with van der Waals surface area (Å²) in [7, 11) is 0. The van der Waals surface area contributed by atoms with Crippen molar-refractivity contribution < 1.29 is 24.5 Å². The van der Waals surface area contributed by atoms with Crippen LogP contribution >= 0.6 is 0 Å². The third kappa shape index (κ3) is 4.25. The summed E-state index contributed by atoms with van der Waals surface area (Å²) >= 11 is 0. The maximum Gasteiger partial charge on any atom is 0.304 e. The number of hydrogen-bond acceptors (Lipinski definition) is 4. The number of aliphatic carboxylic acids is 1. The lowest BCUT2D eigenvalue weighted by atomic mass is 9.76. The highest BCUT2D eigenvalue weighted by Gasteiger charge is 2.42. The van der Waals surface area contributed by atoms with Gasteiger partial charge in [-0.25, -0.2) is 0 Å². The number of phenolic OH excluding ortho intramolecular Hbond substituents is 1. The van der Waals surface area contributed by atoms with Crippen molar-refractivity contribution in [2.45, 2.75) is 18.4 Å². The molecular weight excluding hydrogens is 368 g/mol. The van der Waals surface area contributed by atoms with Gasteiger partial charge in [0.15, 0.2) is 0 Å². The summed E-state index contributed by atoms with van der Waals surface area (Å²) in [5.41, 5.74) is 3.66. The van der Waals surface area contributed by atoms with Crippen LogP contribution in [-0.4, -0.2) is 29.4 Å². The first-order valence-electron chi connectivity index (χ1n) is 9.45. The summed E-state index contributed by atoms with van der Waals surface area (Å²) < 4.78 is 11.2. The standard InChI is InChI=1S/C24H22O5/c25-21-8-4-18(5-9-21)19-3-1-2-17(12-19)14-29-22-10-6-20(7-11-22)24(13-23(26)27)15-28-16-24/h1-12,25H,13-16H2,(H,26,27). The van der Waals surface area contributed by atoms with Crippen LogP contribution < -0.4 is 4.74 Å². The Hall–Kier alpha value is -3.31. The number of aromatic hydroxyl groups is 1. The molecule has 0 bridgehead atoms. The average Bonchev–Trinajstić information content (AvgIpc) is 2.70. The second-order valence-corrected chi connectivity index (χ2v) is 7.40. The zero-order valence-corrected chi connectivity index (χ0v) is 15.9. The Bertz CT molecular complexity index is 989. The molecule has 5 heteroatoms. The molecule has 0 aromatic heterocycles. The minimum absolute atomic E-state index is 0.0667. The lowest BCUT2D eigenvalue weighted by molar-refractivity contribution is -0.145. The van der Waals surface area contributed by atoms with Gasteiger partial charge in [0.25, 0.3) is 0 Å². The summed E-state index contributed by atoms with van der Waals surface area (Å²) in [6.45, 7) is 1.29. The van der Waals surface area contributed by atoms with Gasteiger partial charge < -0.3 is 19.7 Å². The smallest absolute Gasteiger partial charge is 0.304 e. The van der Waals surface area contributed by atoms with Gasteiger partial charge in [-0.05, 0) is 52.6 Å². The lowest BCUT2D eigenvalue weighted by Crippen LogP contribution is -2.48. The second kappa shape index (κ2) is 7.97. The van der Waals surface area contributed by atoms with E-state index in [1.807, 2.05) is 54.6 Å². The van der Waals surface area contributed by atoms with Crippen LogP contribution in [0.15, 0.2) is 72.8 Å². The molecule has 5 nitrogen and oxygen atoms in total. The molecule has 0 saturated carbocycles. The molecular formula is C24H22O5. The van der Waals surface area contributed by atoms with Crippen LogP contribution in [-0.2, 0) is 21.6 Å². The van der Waals surface area contributed by atoms with Crippen molar-refractivity contribution in [2.75, 3.05) is 13.2 Å². The molecule has 1 fully saturated rings. The van der Waals surface area contributed by atoms with E-state index in [1.165, 1.54) is 0 Å². The highest BCUT2D eigenvalue weighted by atomic mass is 16.5. The summed E-state index contributed by atoms with van der Waals surface area (Å²) in [4.78, 5) is 11.2. The second-order valence-electron chi connectivity index (χ2n) is 7.40. The number of benzene rings is 3. The zero-order valence-electron chi connectivity index (χ0n) is 15.9. The Kier molecular flexibility index (Phi) is 5.23. The number of hydrogen-bond donors (Lipinski definition) is 2. The third-order valence-electron chi connectivity index (χ3n) is 5.25. The average molecular weight is 390 g/mol. The first-order valence-corrected chi connectivity index (χ1v) is 9.45. The summed E-state index contributed by atoms with van der Waals surface area (Å²) in [5.74, 6) is 0.159. The fraction of sp³-hybridized carbons (Fsp3) is 0.208. The van der Waals surface area contributed by atoms with E-state index in [0.29, 0.717) is 19.8 Å². The first-order chi connectivity index (χ1) is 14.0. The molecule has 0 atom stereocenters. The number of carboxylic acid groups (broad SMARTS) is 1. The molecule has 1 aliphatic heterocycles. The van der Waals surface area contributed by atoms with Crippen LogP contribution in [0, 0.1) is 0 Å². The van der Waals surface area contributed by atoms with E-state index in [4.69, 9.17) is 14.6 Å². The monoisotopic (exact) mass is 390 g/mol. The zero-order chi connectivity index (χ0) is 20.3. The van der Waals surface area contributed by atoms with Gasteiger partial charge in [0.2, 0.25) is 0 Å². The first kappa shape index (κ1) is 19.0. The number of phenols is 1. The lowest BCUT2D eigenvalue weighted by Gasteiger charge is -2.40. The summed E-state index contributed by atoms with van der Waals surface area (Å²) in [6.07, 6.45) is 0.0667. The van der Waals surface area contributed by atoms with Crippen LogP contribution in [0.2, 0.25) is 0 Å². The Labute approximate surface area is 169 Å². The molecule has 0 amide bonds. The Morgan fingerprint density at radius 2 is 1.69 bits per heavy atom. The van der Waals surface area contributed by atoms with Gasteiger partial charge in [0.05, 0.1) is 25.0 Å². The van der Waals surface area contributed by atoms with Gasteiger partial charge in [-0.1, -0.05) is 42.5 Å². The fourth-order valence-corrected chi connectivity index (χ4v) is 3.57. The molecule has 1 saturated heterocycles. The molecule has 4 rings (SSSR count). The summed E-state index contributed by atoms with van der Waals surface area (Å²) in [5, 5.41) is 18.6. The molecule has 3 aromatic carbocycles. The SMILES string of the molecule is O=C(O)CC1(c2ccc(OCc3cccc(-c4ccc(O)cc4)c3)cc2)COC1. The molecule has 1 aliphatic rings. The van der Waals surface area contributed by atoms with Crippen LogP contribution in [0.3, 0.4) is 0 Å². The molecule has 1 heterocycles. The maximum atomic E-state index is 11.2. The number of rotatable bonds is 7. The van der Waals surface area contributed by atoms with Crippen molar-refractivity contribution in [2.24, 2.45) is 0 Å². The minimum Gasteiger partial charge on any atom is -0.508 e. The molecule has 0 radical (unpaired) electrons. The molecule has 0 aliphatic carbocycles. The van der Waals surface area contributed by atoms with Crippen LogP contribution in [0.1, 0.15) is 17.5 Å². The van der Waals surface area contributed by atoms with Crippen molar-refractivity contribution in [1.29, 1.82) is 0 Å². The van der Waals surface area contributed by atoms with Gasteiger partial charge in [-0.15, -0.1) is 0 Å². The summed E-state index contributed by atoms with van der Waals surface area (Å²) in [6, 6.07) is 22.8. The largest absolute Gasteiger partial charge is 0.508 e. The van der Waals surface area contributed by atoms with Crippen LogP contribution in [0.4, 0.5) is 0 Å². The van der Waals surface area contributed by atoms with Crippen LogP contribution in [0.25, 0.3) is 11.1 Å². The van der Waals surface area contributed by atoms with Crippen molar-refractivity contribution >= 4 is 5.97 Å². The predicted octanol–water partition coefficient (Wildman–Crippen LogP) is 4.38. The van der Waals surface area contributed by atoms with Gasteiger partial charge in [-0.2, -0.15) is 0 Å². The quantitative estimate of drug-likeness (QED) is 0.626. The molecule has 2 N–H and O–H groups in total. The van der Waals surface area contributed by atoms with Crippen LogP contribution in [0.5, 0.6) is 11.5 Å². The van der Waals surface area contributed by atoms with E-state index >= 15 is 0 Å². The molecule has 0 spiro atoms. The minimum atomic E-state index is -0.817. The van der Waals surface area contributed by atoms with Gasteiger partial charge in [-0.3, -0.25) is 4.79 Å². The van der Waals surface area contributed by atoms with Crippen molar-refractivity contribution in [3.8, 4) is 22.6 Å². The molecule has 148 valence electrons.